The summed E-state index contributed by atoms with van der Waals surface area (Å²) < 4.78 is 1.76. The van der Waals surface area contributed by atoms with Crippen LogP contribution in [0.4, 0.5) is 0 Å². The summed E-state index contributed by atoms with van der Waals surface area (Å²) in [6.45, 7) is 5.96. The van der Waals surface area contributed by atoms with E-state index in [2.05, 4.69) is 16.5 Å². The van der Waals surface area contributed by atoms with Gasteiger partial charge in [0.2, 0.25) is 0 Å². The summed E-state index contributed by atoms with van der Waals surface area (Å²) in [4.78, 5) is 23.1. The van der Waals surface area contributed by atoms with E-state index in [0.29, 0.717) is 18.5 Å². The molecule has 0 unspecified atom stereocenters. The Morgan fingerprint density at radius 1 is 1.12 bits per heavy atom. The molecule has 2 aromatic rings. The van der Waals surface area contributed by atoms with Gasteiger partial charge in [-0.1, -0.05) is 6.07 Å². The van der Waals surface area contributed by atoms with E-state index in [-0.39, 0.29) is 17.9 Å². The maximum absolute atomic E-state index is 12.3. The number of carboxylic acid groups (broad SMARTS) is 1. The minimum absolute atomic E-state index is 0.0785. The minimum Gasteiger partial charge on any atom is -0.481 e. The molecule has 1 amide bonds. The maximum atomic E-state index is 12.3. The number of hydrogen-bond acceptors (Lipinski definition) is 3. The standard InChI is InChI=1S/C18H21N3O3/c1-10-4-11(2)6-15(5-10)21-12(3)7-16(20-21)17(22)19-14-8-13(9-14)18(23)24/h4-7,13-14H,8-9H2,1-3H3,(H,19,22)(H,23,24). The molecule has 0 saturated heterocycles. The van der Waals surface area contributed by atoms with Gasteiger partial charge in [0.15, 0.2) is 5.69 Å². The first-order valence-corrected chi connectivity index (χ1v) is 8.02. The SMILES string of the molecule is Cc1cc(C)cc(-n2nc(C(=O)NC3CC(C(=O)O)C3)cc2C)c1. The molecule has 0 atom stereocenters. The molecule has 3 rings (SSSR count). The van der Waals surface area contributed by atoms with Crippen LogP contribution in [0.25, 0.3) is 5.69 Å². The average Bonchev–Trinajstić information content (AvgIpc) is 2.82. The lowest BCUT2D eigenvalue weighted by Gasteiger charge is -2.32. The van der Waals surface area contributed by atoms with Crippen molar-refractivity contribution in [3.05, 3.63) is 46.8 Å². The summed E-state index contributed by atoms with van der Waals surface area (Å²) in [5.74, 6) is -1.39. The molecule has 0 spiro atoms. The third-order valence-electron chi connectivity index (χ3n) is 4.39. The summed E-state index contributed by atoms with van der Waals surface area (Å²) in [5.41, 5.74) is 4.44. The van der Waals surface area contributed by atoms with Crippen molar-refractivity contribution in [3.63, 3.8) is 0 Å². The fraction of sp³-hybridized carbons (Fsp3) is 0.389. The van der Waals surface area contributed by atoms with Crippen LogP contribution in [0.15, 0.2) is 24.3 Å². The molecule has 24 heavy (non-hydrogen) atoms. The largest absolute Gasteiger partial charge is 0.481 e. The highest BCUT2D eigenvalue weighted by molar-refractivity contribution is 5.92. The van der Waals surface area contributed by atoms with Crippen LogP contribution < -0.4 is 5.32 Å². The van der Waals surface area contributed by atoms with Gasteiger partial charge in [-0.15, -0.1) is 0 Å². The zero-order valence-electron chi connectivity index (χ0n) is 14.0. The second kappa shape index (κ2) is 6.11. The van der Waals surface area contributed by atoms with Crippen molar-refractivity contribution in [2.45, 2.75) is 39.7 Å². The average molecular weight is 327 g/mol. The van der Waals surface area contributed by atoms with Gasteiger partial charge in [-0.05, 0) is 62.9 Å². The van der Waals surface area contributed by atoms with Crippen molar-refractivity contribution in [1.82, 2.24) is 15.1 Å². The monoisotopic (exact) mass is 327 g/mol. The summed E-state index contributed by atoms with van der Waals surface area (Å²) in [7, 11) is 0. The van der Waals surface area contributed by atoms with E-state index in [0.717, 1.165) is 22.5 Å². The normalized spacial score (nSPS) is 19.6. The van der Waals surface area contributed by atoms with E-state index in [4.69, 9.17) is 5.11 Å². The van der Waals surface area contributed by atoms with Gasteiger partial charge in [0.25, 0.3) is 5.91 Å². The number of rotatable bonds is 4. The van der Waals surface area contributed by atoms with Crippen molar-refractivity contribution in [1.29, 1.82) is 0 Å². The zero-order chi connectivity index (χ0) is 17.4. The molecule has 1 aliphatic carbocycles. The van der Waals surface area contributed by atoms with Crippen LogP contribution in [-0.4, -0.2) is 32.8 Å². The molecule has 1 saturated carbocycles. The number of nitrogens with zero attached hydrogens (tertiary/aromatic N) is 2. The molecule has 0 bridgehead atoms. The van der Waals surface area contributed by atoms with Gasteiger partial charge in [-0.2, -0.15) is 5.10 Å². The summed E-state index contributed by atoms with van der Waals surface area (Å²) in [5, 5.41) is 16.2. The van der Waals surface area contributed by atoms with E-state index in [1.54, 1.807) is 10.7 Å². The molecule has 0 aliphatic heterocycles. The van der Waals surface area contributed by atoms with Gasteiger partial charge in [-0.25, -0.2) is 4.68 Å². The second-order valence-corrected chi connectivity index (χ2v) is 6.61. The first-order valence-electron chi connectivity index (χ1n) is 8.02. The van der Waals surface area contributed by atoms with Crippen LogP contribution in [0.2, 0.25) is 0 Å². The Bertz CT molecular complexity index is 784. The summed E-state index contributed by atoms with van der Waals surface area (Å²) in [6, 6.07) is 7.81. The molecule has 126 valence electrons. The number of nitrogens with one attached hydrogen (secondary N) is 1. The smallest absolute Gasteiger partial charge is 0.306 e. The lowest BCUT2D eigenvalue weighted by Crippen LogP contribution is -2.46. The third kappa shape index (κ3) is 3.18. The quantitative estimate of drug-likeness (QED) is 0.903. The molecule has 6 heteroatoms. The van der Waals surface area contributed by atoms with Crippen LogP contribution in [0.3, 0.4) is 0 Å². The Hall–Kier alpha value is -2.63. The molecule has 2 N–H and O–H groups in total. The lowest BCUT2D eigenvalue weighted by atomic mass is 9.80. The Morgan fingerprint density at radius 3 is 2.33 bits per heavy atom. The first kappa shape index (κ1) is 16.2. The Kier molecular flexibility index (Phi) is 4.13. The Morgan fingerprint density at radius 2 is 1.75 bits per heavy atom. The van der Waals surface area contributed by atoms with Gasteiger partial charge in [0.05, 0.1) is 11.6 Å². The first-order chi connectivity index (χ1) is 11.3. The number of carboxylic acids is 1. The van der Waals surface area contributed by atoms with Crippen LogP contribution in [0.5, 0.6) is 0 Å². The number of aryl methyl sites for hydroxylation is 3. The maximum Gasteiger partial charge on any atom is 0.306 e. The molecular weight excluding hydrogens is 306 g/mol. The molecular formula is C18H21N3O3. The van der Waals surface area contributed by atoms with E-state index < -0.39 is 5.97 Å². The van der Waals surface area contributed by atoms with Crippen molar-refractivity contribution < 1.29 is 14.7 Å². The number of carbonyl (C=O) groups excluding carboxylic acids is 1. The fourth-order valence-electron chi connectivity index (χ4n) is 3.12. The van der Waals surface area contributed by atoms with Crippen LogP contribution in [0, 0.1) is 26.7 Å². The molecule has 0 radical (unpaired) electrons. The van der Waals surface area contributed by atoms with Crippen molar-refractivity contribution in [2.75, 3.05) is 0 Å². The number of carbonyl (C=O) groups is 2. The van der Waals surface area contributed by atoms with Crippen LogP contribution in [0.1, 0.15) is 40.2 Å². The molecule has 1 aliphatic rings. The van der Waals surface area contributed by atoms with E-state index in [1.165, 1.54) is 0 Å². The van der Waals surface area contributed by atoms with Gasteiger partial charge < -0.3 is 10.4 Å². The number of hydrogen-bond donors (Lipinski definition) is 2. The zero-order valence-corrected chi connectivity index (χ0v) is 14.0. The summed E-state index contributed by atoms with van der Waals surface area (Å²) >= 11 is 0. The van der Waals surface area contributed by atoms with Gasteiger partial charge in [0.1, 0.15) is 0 Å². The number of benzene rings is 1. The molecule has 6 nitrogen and oxygen atoms in total. The molecule has 1 aromatic carbocycles. The third-order valence-corrected chi connectivity index (χ3v) is 4.39. The molecule has 1 heterocycles. The molecule has 1 aromatic heterocycles. The van der Waals surface area contributed by atoms with E-state index in [9.17, 15) is 9.59 Å². The van der Waals surface area contributed by atoms with Crippen molar-refractivity contribution in [2.24, 2.45) is 5.92 Å². The topological polar surface area (TPSA) is 84.2 Å². The Labute approximate surface area is 140 Å². The van der Waals surface area contributed by atoms with Gasteiger partial charge in [-0.3, -0.25) is 9.59 Å². The predicted octanol–water partition coefficient (Wildman–Crippen LogP) is 2.39. The van der Waals surface area contributed by atoms with Gasteiger partial charge >= 0.3 is 5.97 Å². The fourth-order valence-corrected chi connectivity index (χ4v) is 3.12. The predicted molar refractivity (Wildman–Crippen MR) is 89.4 cm³/mol. The number of aromatic nitrogens is 2. The van der Waals surface area contributed by atoms with E-state index in [1.807, 2.05) is 32.9 Å². The minimum atomic E-state index is -0.796. The van der Waals surface area contributed by atoms with Crippen LogP contribution >= 0.6 is 0 Å². The van der Waals surface area contributed by atoms with Crippen molar-refractivity contribution >= 4 is 11.9 Å². The number of amides is 1. The summed E-state index contributed by atoms with van der Waals surface area (Å²) in [6.07, 6.45) is 0.968. The highest BCUT2D eigenvalue weighted by Crippen LogP contribution is 2.27. The Balaban J connectivity index is 1.74. The number of aliphatic carboxylic acids is 1. The van der Waals surface area contributed by atoms with Gasteiger partial charge in [0, 0.05) is 11.7 Å². The highest BCUT2D eigenvalue weighted by Gasteiger charge is 2.35. The molecule has 1 fully saturated rings. The lowest BCUT2D eigenvalue weighted by molar-refractivity contribution is -0.145. The van der Waals surface area contributed by atoms with Crippen LogP contribution in [-0.2, 0) is 4.79 Å². The van der Waals surface area contributed by atoms with E-state index >= 15 is 0 Å². The second-order valence-electron chi connectivity index (χ2n) is 6.61. The van der Waals surface area contributed by atoms with Crippen molar-refractivity contribution in [3.8, 4) is 5.69 Å². The highest BCUT2D eigenvalue weighted by atomic mass is 16.4.